The Labute approximate surface area is 110 Å². The molecule has 4 heteroatoms. The van der Waals surface area contributed by atoms with Crippen LogP contribution in [0.4, 0.5) is 0 Å². The van der Waals surface area contributed by atoms with Crippen LogP contribution in [0.1, 0.15) is 39.0 Å². The van der Waals surface area contributed by atoms with Crippen LogP contribution in [-0.4, -0.2) is 59.6 Å². The number of rotatable bonds is 5. The van der Waals surface area contributed by atoms with Crippen LogP contribution in [-0.2, 0) is 4.79 Å². The Morgan fingerprint density at radius 2 is 1.94 bits per heavy atom. The third-order valence-corrected chi connectivity index (χ3v) is 4.60. The molecule has 0 amide bonds. The highest BCUT2D eigenvalue weighted by molar-refractivity contribution is 5.66. The molecule has 0 aromatic carbocycles. The molecule has 2 rings (SSSR count). The van der Waals surface area contributed by atoms with Gasteiger partial charge in [0.1, 0.15) is 0 Å². The second kappa shape index (κ2) is 6.53. The molecule has 2 aliphatic heterocycles. The van der Waals surface area contributed by atoms with Gasteiger partial charge >= 0.3 is 5.97 Å². The van der Waals surface area contributed by atoms with Crippen molar-refractivity contribution in [3.05, 3.63) is 0 Å². The summed E-state index contributed by atoms with van der Waals surface area (Å²) in [6.45, 7) is 8.19. The van der Waals surface area contributed by atoms with E-state index >= 15 is 0 Å². The van der Waals surface area contributed by atoms with Gasteiger partial charge in [-0.2, -0.15) is 0 Å². The maximum absolute atomic E-state index is 10.6. The third-order valence-electron chi connectivity index (χ3n) is 4.60. The van der Waals surface area contributed by atoms with Gasteiger partial charge in [-0.25, -0.2) is 0 Å². The summed E-state index contributed by atoms with van der Waals surface area (Å²) in [4.78, 5) is 15.7. The van der Waals surface area contributed by atoms with Gasteiger partial charge in [0.2, 0.25) is 0 Å². The summed E-state index contributed by atoms with van der Waals surface area (Å²) in [5, 5.41) is 8.73. The molecular weight excluding hydrogens is 228 g/mol. The molecule has 0 aromatic rings. The van der Waals surface area contributed by atoms with E-state index in [4.69, 9.17) is 5.11 Å². The number of piperidine rings is 1. The number of likely N-dealkylation sites (tertiary alicyclic amines) is 2. The molecule has 2 heterocycles. The van der Waals surface area contributed by atoms with E-state index in [1.54, 1.807) is 0 Å². The molecule has 1 atom stereocenters. The van der Waals surface area contributed by atoms with Crippen molar-refractivity contribution in [1.29, 1.82) is 0 Å². The zero-order valence-corrected chi connectivity index (χ0v) is 11.5. The van der Waals surface area contributed by atoms with Gasteiger partial charge in [0.25, 0.3) is 0 Å². The number of aliphatic carboxylic acids is 1. The lowest BCUT2D eigenvalue weighted by molar-refractivity contribution is -0.137. The number of hydrogen-bond donors (Lipinski definition) is 1. The van der Waals surface area contributed by atoms with E-state index in [0.717, 1.165) is 19.0 Å². The summed E-state index contributed by atoms with van der Waals surface area (Å²) < 4.78 is 0. The second-order valence-corrected chi connectivity index (χ2v) is 5.75. The Kier molecular flexibility index (Phi) is 5.01. The fourth-order valence-corrected chi connectivity index (χ4v) is 3.36. The highest BCUT2D eigenvalue weighted by atomic mass is 16.4. The van der Waals surface area contributed by atoms with E-state index in [9.17, 15) is 4.79 Å². The molecule has 0 bridgehead atoms. The monoisotopic (exact) mass is 254 g/mol. The lowest BCUT2D eigenvalue weighted by atomic mass is 10.0. The van der Waals surface area contributed by atoms with Crippen LogP contribution < -0.4 is 0 Å². The minimum Gasteiger partial charge on any atom is -0.481 e. The van der Waals surface area contributed by atoms with E-state index in [1.807, 2.05) is 0 Å². The van der Waals surface area contributed by atoms with Gasteiger partial charge in [0.05, 0.1) is 0 Å². The number of nitrogens with zero attached hydrogens (tertiary/aromatic N) is 2. The minimum atomic E-state index is -0.648. The van der Waals surface area contributed by atoms with Gasteiger partial charge in [-0.05, 0) is 57.8 Å². The fraction of sp³-hybridized carbons (Fsp3) is 0.929. The van der Waals surface area contributed by atoms with Crippen molar-refractivity contribution < 1.29 is 9.90 Å². The van der Waals surface area contributed by atoms with E-state index in [2.05, 4.69) is 16.7 Å². The van der Waals surface area contributed by atoms with Crippen molar-refractivity contribution >= 4 is 5.97 Å². The average molecular weight is 254 g/mol. The van der Waals surface area contributed by atoms with Gasteiger partial charge in [-0.15, -0.1) is 0 Å². The van der Waals surface area contributed by atoms with Crippen LogP contribution in [0.25, 0.3) is 0 Å². The predicted molar refractivity (Wildman–Crippen MR) is 71.7 cm³/mol. The first-order chi connectivity index (χ1) is 8.69. The lowest BCUT2D eigenvalue weighted by Crippen LogP contribution is -2.43. The smallest absolute Gasteiger partial charge is 0.303 e. The SMILES string of the molecule is CCN1CCC(N2CCC(CCC(=O)O)C2)CC1. The first-order valence-electron chi connectivity index (χ1n) is 7.37. The zero-order valence-electron chi connectivity index (χ0n) is 11.5. The molecule has 0 radical (unpaired) electrons. The molecule has 0 aliphatic carbocycles. The van der Waals surface area contributed by atoms with E-state index in [1.165, 1.54) is 45.4 Å². The summed E-state index contributed by atoms with van der Waals surface area (Å²) in [7, 11) is 0. The maximum Gasteiger partial charge on any atom is 0.303 e. The number of hydrogen-bond acceptors (Lipinski definition) is 3. The molecule has 1 unspecified atom stereocenters. The molecule has 4 nitrogen and oxygen atoms in total. The summed E-state index contributed by atoms with van der Waals surface area (Å²) in [6.07, 6.45) is 4.98. The topological polar surface area (TPSA) is 43.8 Å². The minimum absolute atomic E-state index is 0.340. The Morgan fingerprint density at radius 1 is 1.22 bits per heavy atom. The predicted octanol–water partition coefficient (Wildman–Crippen LogP) is 1.66. The molecule has 2 fully saturated rings. The Balaban J connectivity index is 1.70. The highest BCUT2D eigenvalue weighted by Gasteiger charge is 2.30. The fourth-order valence-electron chi connectivity index (χ4n) is 3.36. The first kappa shape index (κ1) is 13.8. The van der Waals surface area contributed by atoms with Gasteiger partial charge < -0.3 is 14.9 Å². The third kappa shape index (κ3) is 3.69. The lowest BCUT2D eigenvalue weighted by Gasteiger charge is -2.36. The molecule has 2 aliphatic rings. The van der Waals surface area contributed by atoms with Crippen LogP contribution in [0.15, 0.2) is 0 Å². The summed E-state index contributed by atoms with van der Waals surface area (Å²) >= 11 is 0. The quantitative estimate of drug-likeness (QED) is 0.810. The zero-order chi connectivity index (χ0) is 13.0. The summed E-state index contributed by atoms with van der Waals surface area (Å²) in [5.41, 5.74) is 0. The van der Waals surface area contributed by atoms with E-state index in [-0.39, 0.29) is 0 Å². The van der Waals surface area contributed by atoms with Crippen molar-refractivity contribution in [2.75, 3.05) is 32.7 Å². The molecule has 104 valence electrons. The van der Waals surface area contributed by atoms with Crippen LogP contribution in [0.2, 0.25) is 0 Å². The van der Waals surface area contributed by atoms with E-state index in [0.29, 0.717) is 12.3 Å². The van der Waals surface area contributed by atoms with Crippen molar-refractivity contribution in [2.24, 2.45) is 5.92 Å². The Bertz CT molecular complexity index is 275. The van der Waals surface area contributed by atoms with Crippen LogP contribution in [0.3, 0.4) is 0 Å². The van der Waals surface area contributed by atoms with Gasteiger partial charge in [0.15, 0.2) is 0 Å². The average Bonchev–Trinajstić information content (AvgIpc) is 2.85. The van der Waals surface area contributed by atoms with E-state index < -0.39 is 5.97 Å². The Hall–Kier alpha value is -0.610. The molecule has 0 saturated carbocycles. The maximum atomic E-state index is 10.6. The Morgan fingerprint density at radius 3 is 2.56 bits per heavy atom. The molecule has 0 spiro atoms. The van der Waals surface area contributed by atoms with Crippen LogP contribution in [0, 0.1) is 5.92 Å². The molecule has 2 saturated heterocycles. The van der Waals surface area contributed by atoms with Crippen LogP contribution >= 0.6 is 0 Å². The van der Waals surface area contributed by atoms with Crippen molar-refractivity contribution in [1.82, 2.24) is 9.80 Å². The summed E-state index contributed by atoms with van der Waals surface area (Å²) in [6, 6.07) is 0.752. The highest BCUT2D eigenvalue weighted by Crippen LogP contribution is 2.26. The first-order valence-corrected chi connectivity index (χ1v) is 7.37. The largest absolute Gasteiger partial charge is 0.481 e. The number of carboxylic acid groups (broad SMARTS) is 1. The van der Waals surface area contributed by atoms with Gasteiger partial charge in [-0.3, -0.25) is 4.79 Å². The van der Waals surface area contributed by atoms with Crippen LogP contribution in [0.5, 0.6) is 0 Å². The molecule has 18 heavy (non-hydrogen) atoms. The number of carbonyl (C=O) groups is 1. The summed E-state index contributed by atoms with van der Waals surface area (Å²) in [5.74, 6) is -0.0324. The number of carboxylic acids is 1. The van der Waals surface area contributed by atoms with Gasteiger partial charge in [-0.1, -0.05) is 6.92 Å². The normalized spacial score (nSPS) is 27.7. The van der Waals surface area contributed by atoms with Gasteiger partial charge in [0, 0.05) is 19.0 Å². The van der Waals surface area contributed by atoms with Crippen molar-refractivity contribution in [3.8, 4) is 0 Å². The molecule has 1 N–H and O–H groups in total. The van der Waals surface area contributed by atoms with Crippen molar-refractivity contribution in [3.63, 3.8) is 0 Å². The standard InChI is InChI=1S/C14H26N2O2/c1-2-15-8-6-13(7-9-15)16-10-5-12(11-16)3-4-14(17)18/h12-13H,2-11H2,1H3,(H,17,18). The second-order valence-electron chi connectivity index (χ2n) is 5.75. The molecule has 0 aromatic heterocycles. The molecular formula is C14H26N2O2. The van der Waals surface area contributed by atoms with Crippen molar-refractivity contribution in [2.45, 2.75) is 45.1 Å².